The third kappa shape index (κ3) is 4.35. The zero-order chi connectivity index (χ0) is 23.3. The van der Waals surface area contributed by atoms with Crippen molar-refractivity contribution >= 4 is 11.4 Å². The standard InChI is InChI=1S/C30H26N2O2/c1-33-25-17-13-23(14-18-25)29-27(21-9-5-3-6-10-21)32-30(24-15-19-26(34-2)20-16-24)28(31-29)22-11-7-4-8-12-22/h3-20,27-28H,1-2H3. The summed E-state index contributed by atoms with van der Waals surface area (Å²) in [5, 5.41) is 0. The van der Waals surface area contributed by atoms with Crippen LogP contribution >= 0.6 is 0 Å². The summed E-state index contributed by atoms with van der Waals surface area (Å²) < 4.78 is 10.7. The van der Waals surface area contributed by atoms with Crippen molar-refractivity contribution in [3.8, 4) is 11.5 Å². The Bertz CT molecular complexity index is 1190. The van der Waals surface area contributed by atoms with E-state index in [0.717, 1.165) is 45.2 Å². The number of ether oxygens (including phenoxy) is 2. The van der Waals surface area contributed by atoms with Crippen LogP contribution < -0.4 is 9.47 Å². The molecule has 4 heteroatoms. The van der Waals surface area contributed by atoms with Crippen molar-refractivity contribution in [1.29, 1.82) is 0 Å². The molecule has 168 valence electrons. The van der Waals surface area contributed by atoms with Gasteiger partial charge >= 0.3 is 0 Å². The van der Waals surface area contributed by atoms with Crippen molar-refractivity contribution < 1.29 is 9.47 Å². The summed E-state index contributed by atoms with van der Waals surface area (Å²) in [5.41, 5.74) is 6.17. The smallest absolute Gasteiger partial charge is 0.118 e. The number of nitrogens with zero attached hydrogens (tertiary/aromatic N) is 2. The van der Waals surface area contributed by atoms with E-state index in [4.69, 9.17) is 19.5 Å². The lowest BCUT2D eigenvalue weighted by atomic mass is 9.90. The van der Waals surface area contributed by atoms with E-state index < -0.39 is 0 Å². The number of hydrogen-bond donors (Lipinski definition) is 0. The quantitative estimate of drug-likeness (QED) is 0.340. The molecule has 0 N–H and O–H groups in total. The molecule has 4 aromatic rings. The second-order valence-electron chi connectivity index (χ2n) is 8.11. The van der Waals surface area contributed by atoms with Gasteiger partial charge in [0.05, 0.1) is 25.6 Å². The van der Waals surface area contributed by atoms with Crippen LogP contribution in [0.2, 0.25) is 0 Å². The number of aliphatic imine (C=N–C) groups is 2. The van der Waals surface area contributed by atoms with E-state index in [9.17, 15) is 0 Å². The molecule has 2 atom stereocenters. The molecule has 1 aliphatic rings. The summed E-state index contributed by atoms with van der Waals surface area (Å²) in [4.78, 5) is 10.7. The van der Waals surface area contributed by atoms with Gasteiger partial charge in [0.15, 0.2) is 0 Å². The lowest BCUT2D eigenvalue weighted by molar-refractivity contribution is 0.414. The second kappa shape index (κ2) is 9.75. The first-order chi connectivity index (χ1) is 16.8. The molecule has 1 heterocycles. The highest BCUT2D eigenvalue weighted by molar-refractivity contribution is 6.14. The van der Waals surface area contributed by atoms with E-state index in [-0.39, 0.29) is 12.1 Å². The third-order valence-corrected chi connectivity index (χ3v) is 6.06. The van der Waals surface area contributed by atoms with Gasteiger partial charge in [-0.15, -0.1) is 0 Å². The minimum atomic E-state index is -0.216. The van der Waals surface area contributed by atoms with Gasteiger partial charge in [0.1, 0.15) is 23.6 Å². The zero-order valence-electron chi connectivity index (χ0n) is 19.3. The monoisotopic (exact) mass is 446 g/mol. The Hall–Kier alpha value is -4.18. The number of hydrogen-bond acceptors (Lipinski definition) is 4. The van der Waals surface area contributed by atoms with E-state index >= 15 is 0 Å². The Labute approximate surface area is 200 Å². The molecule has 0 aliphatic carbocycles. The number of rotatable bonds is 6. The maximum Gasteiger partial charge on any atom is 0.118 e. The topological polar surface area (TPSA) is 43.2 Å². The van der Waals surface area contributed by atoms with Crippen molar-refractivity contribution in [1.82, 2.24) is 0 Å². The van der Waals surface area contributed by atoms with Gasteiger partial charge in [0.25, 0.3) is 0 Å². The van der Waals surface area contributed by atoms with Crippen LogP contribution in [0, 0.1) is 0 Å². The summed E-state index contributed by atoms with van der Waals surface area (Å²) in [7, 11) is 3.35. The molecule has 0 amide bonds. The Kier molecular flexibility index (Phi) is 6.21. The molecule has 2 unspecified atom stereocenters. The fourth-order valence-electron chi connectivity index (χ4n) is 4.27. The van der Waals surface area contributed by atoms with Crippen LogP contribution in [0.15, 0.2) is 119 Å². The highest BCUT2D eigenvalue weighted by Gasteiger charge is 2.30. The van der Waals surface area contributed by atoms with Gasteiger partial charge in [-0.1, -0.05) is 60.7 Å². The molecule has 5 rings (SSSR count). The van der Waals surface area contributed by atoms with Gasteiger partial charge in [-0.25, -0.2) is 0 Å². The zero-order valence-corrected chi connectivity index (χ0v) is 19.3. The van der Waals surface area contributed by atoms with Crippen LogP contribution in [0.4, 0.5) is 0 Å². The molecule has 0 aromatic heterocycles. The maximum absolute atomic E-state index is 5.37. The lowest BCUT2D eigenvalue weighted by Gasteiger charge is -2.28. The average molecular weight is 447 g/mol. The average Bonchev–Trinajstić information content (AvgIpc) is 2.93. The highest BCUT2D eigenvalue weighted by Crippen LogP contribution is 2.36. The van der Waals surface area contributed by atoms with E-state index in [1.165, 1.54) is 0 Å². The van der Waals surface area contributed by atoms with Crippen LogP contribution in [0.25, 0.3) is 0 Å². The molecule has 0 spiro atoms. The molecular weight excluding hydrogens is 420 g/mol. The third-order valence-electron chi connectivity index (χ3n) is 6.06. The first kappa shape index (κ1) is 21.7. The molecule has 0 saturated carbocycles. The predicted molar refractivity (Wildman–Crippen MR) is 137 cm³/mol. The summed E-state index contributed by atoms with van der Waals surface area (Å²) in [6.45, 7) is 0. The summed E-state index contributed by atoms with van der Waals surface area (Å²) in [5.74, 6) is 1.64. The Morgan fingerprint density at radius 2 is 0.824 bits per heavy atom. The summed E-state index contributed by atoms with van der Waals surface area (Å²) in [6.07, 6.45) is 0. The minimum Gasteiger partial charge on any atom is -0.497 e. The van der Waals surface area contributed by atoms with Crippen LogP contribution in [0.5, 0.6) is 11.5 Å². The SMILES string of the molecule is COc1ccc(C2=NC(c3ccccc3)C(c3ccc(OC)cc3)=NC2c2ccccc2)cc1. The van der Waals surface area contributed by atoms with Crippen LogP contribution in [-0.2, 0) is 0 Å². The van der Waals surface area contributed by atoms with E-state index in [0.29, 0.717) is 0 Å². The van der Waals surface area contributed by atoms with Crippen LogP contribution in [0.3, 0.4) is 0 Å². The maximum atomic E-state index is 5.37. The van der Waals surface area contributed by atoms with Gasteiger partial charge in [0.2, 0.25) is 0 Å². The van der Waals surface area contributed by atoms with E-state index in [2.05, 4.69) is 48.5 Å². The Balaban J connectivity index is 1.68. The van der Waals surface area contributed by atoms with Gasteiger partial charge in [-0.05, 0) is 70.8 Å². The van der Waals surface area contributed by atoms with Crippen molar-refractivity contribution in [2.24, 2.45) is 9.98 Å². The Morgan fingerprint density at radius 3 is 1.15 bits per heavy atom. The summed E-state index contributed by atoms with van der Waals surface area (Å²) >= 11 is 0. The molecule has 1 aliphatic heterocycles. The van der Waals surface area contributed by atoms with E-state index in [1.54, 1.807) is 14.2 Å². The fraction of sp³-hybridized carbons (Fsp3) is 0.133. The van der Waals surface area contributed by atoms with Crippen molar-refractivity contribution in [3.05, 3.63) is 131 Å². The lowest BCUT2D eigenvalue weighted by Crippen LogP contribution is -2.25. The second-order valence-corrected chi connectivity index (χ2v) is 8.11. The first-order valence-electron chi connectivity index (χ1n) is 11.3. The fourth-order valence-corrected chi connectivity index (χ4v) is 4.27. The molecule has 34 heavy (non-hydrogen) atoms. The van der Waals surface area contributed by atoms with Gasteiger partial charge < -0.3 is 9.47 Å². The Morgan fingerprint density at radius 1 is 0.471 bits per heavy atom. The van der Waals surface area contributed by atoms with Crippen molar-refractivity contribution in [2.75, 3.05) is 14.2 Å². The van der Waals surface area contributed by atoms with Crippen LogP contribution in [-0.4, -0.2) is 25.6 Å². The molecule has 0 bridgehead atoms. The number of methoxy groups -OCH3 is 2. The van der Waals surface area contributed by atoms with Gasteiger partial charge in [-0.3, -0.25) is 9.98 Å². The van der Waals surface area contributed by atoms with Crippen LogP contribution in [0.1, 0.15) is 34.3 Å². The van der Waals surface area contributed by atoms with Crippen molar-refractivity contribution in [2.45, 2.75) is 12.1 Å². The van der Waals surface area contributed by atoms with Gasteiger partial charge in [0, 0.05) is 0 Å². The molecular formula is C30H26N2O2. The van der Waals surface area contributed by atoms with Gasteiger partial charge in [-0.2, -0.15) is 0 Å². The van der Waals surface area contributed by atoms with E-state index in [1.807, 2.05) is 60.7 Å². The minimum absolute atomic E-state index is 0.216. The molecule has 0 saturated heterocycles. The number of benzene rings is 4. The first-order valence-corrected chi connectivity index (χ1v) is 11.3. The largest absolute Gasteiger partial charge is 0.497 e. The van der Waals surface area contributed by atoms with Crippen molar-refractivity contribution in [3.63, 3.8) is 0 Å². The predicted octanol–water partition coefficient (Wildman–Crippen LogP) is 6.48. The highest BCUT2D eigenvalue weighted by atomic mass is 16.5. The molecule has 0 radical (unpaired) electrons. The normalized spacial score (nSPS) is 17.5. The molecule has 4 nitrogen and oxygen atoms in total. The molecule has 4 aromatic carbocycles. The molecule has 0 fully saturated rings. The summed E-state index contributed by atoms with van der Waals surface area (Å²) in [6, 6.07) is 36.4.